The molecule has 0 aliphatic carbocycles. The summed E-state index contributed by atoms with van der Waals surface area (Å²) in [6.45, 7) is 0. The first-order chi connectivity index (χ1) is 9.43. The Kier molecular flexibility index (Phi) is 4.15. The van der Waals surface area contributed by atoms with Crippen LogP contribution < -0.4 is 11.5 Å². The minimum Gasteiger partial charge on any atom is -0.477 e. The van der Waals surface area contributed by atoms with E-state index in [1.807, 2.05) is 0 Å². The average Bonchev–Trinajstić information content (AvgIpc) is 2.41. The van der Waals surface area contributed by atoms with Crippen molar-refractivity contribution in [3.8, 4) is 0 Å². The lowest BCUT2D eigenvalue weighted by Gasteiger charge is -2.47. The maximum Gasteiger partial charge on any atom is 0.352 e. The van der Waals surface area contributed by atoms with Gasteiger partial charge >= 0.3 is 5.97 Å². The molecule has 2 heterocycles. The number of primary amides is 1. The molecule has 0 spiro atoms. The molecule has 108 valence electrons. The highest BCUT2D eigenvalue weighted by atomic mass is 32.2. The number of amides is 2. The van der Waals surface area contributed by atoms with Gasteiger partial charge in [-0.2, -0.15) is 0 Å². The topological polar surface area (TPSA) is 127 Å². The number of carboxylic acids is 1. The number of thioether (sulfide) groups is 1. The van der Waals surface area contributed by atoms with E-state index in [0.29, 0.717) is 17.7 Å². The first kappa shape index (κ1) is 14.6. The lowest BCUT2D eigenvalue weighted by molar-refractivity contribution is -0.147. The van der Waals surface area contributed by atoms with Gasteiger partial charge in [-0.1, -0.05) is 12.2 Å². The SMILES string of the molecule is NC(=O)CC/C=C\C1=C(C(=O)O)N2C(=O)[C@@H](N)[C@H]2SC1. The van der Waals surface area contributed by atoms with E-state index in [0.717, 1.165) is 0 Å². The Morgan fingerprint density at radius 3 is 2.80 bits per heavy atom. The van der Waals surface area contributed by atoms with E-state index >= 15 is 0 Å². The van der Waals surface area contributed by atoms with Crippen LogP contribution >= 0.6 is 11.8 Å². The van der Waals surface area contributed by atoms with Crippen LogP contribution in [0.4, 0.5) is 0 Å². The van der Waals surface area contributed by atoms with Crippen LogP contribution in [0.1, 0.15) is 12.8 Å². The minimum atomic E-state index is -1.15. The predicted molar refractivity (Wildman–Crippen MR) is 73.3 cm³/mol. The molecule has 0 radical (unpaired) electrons. The van der Waals surface area contributed by atoms with Crippen LogP contribution in [0.15, 0.2) is 23.4 Å². The zero-order valence-corrected chi connectivity index (χ0v) is 11.4. The van der Waals surface area contributed by atoms with Gasteiger partial charge < -0.3 is 16.6 Å². The molecule has 2 amide bonds. The molecule has 2 aliphatic rings. The number of hydrogen-bond acceptors (Lipinski definition) is 5. The van der Waals surface area contributed by atoms with Gasteiger partial charge in [-0.25, -0.2) is 4.79 Å². The molecule has 0 aromatic carbocycles. The van der Waals surface area contributed by atoms with Gasteiger partial charge in [-0.15, -0.1) is 11.8 Å². The third kappa shape index (κ3) is 2.56. The van der Waals surface area contributed by atoms with Crippen molar-refractivity contribution in [3.05, 3.63) is 23.4 Å². The van der Waals surface area contributed by atoms with Gasteiger partial charge in [0.1, 0.15) is 17.1 Å². The second-order valence-electron chi connectivity index (χ2n) is 4.52. The molecule has 0 saturated carbocycles. The van der Waals surface area contributed by atoms with Crippen LogP contribution in [0.25, 0.3) is 0 Å². The van der Waals surface area contributed by atoms with E-state index in [1.165, 1.54) is 16.7 Å². The minimum absolute atomic E-state index is 0.0178. The van der Waals surface area contributed by atoms with Crippen molar-refractivity contribution >= 4 is 29.5 Å². The Labute approximate surface area is 119 Å². The number of allylic oxidation sites excluding steroid dienone is 2. The number of aliphatic carboxylic acids is 1. The van der Waals surface area contributed by atoms with E-state index in [4.69, 9.17) is 11.5 Å². The summed E-state index contributed by atoms with van der Waals surface area (Å²) in [6.07, 6.45) is 3.96. The van der Waals surface area contributed by atoms with Crippen molar-refractivity contribution in [2.45, 2.75) is 24.3 Å². The molecular formula is C12H15N3O4S. The van der Waals surface area contributed by atoms with E-state index in [1.54, 1.807) is 12.2 Å². The van der Waals surface area contributed by atoms with Gasteiger partial charge in [-0.05, 0) is 12.0 Å². The Bertz CT molecular complexity index is 529. The number of fused-ring (bicyclic) bond motifs is 1. The van der Waals surface area contributed by atoms with Crippen molar-refractivity contribution in [3.63, 3.8) is 0 Å². The Hall–Kier alpha value is -1.80. The number of rotatable bonds is 5. The highest BCUT2D eigenvalue weighted by Crippen LogP contribution is 2.39. The van der Waals surface area contributed by atoms with Gasteiger partial charge in [0, 0.05) is 12.2 Å². The van der Waals surface area contributed by atoms with Crippen molar-refractivity contribution in [2.24, 2.45) is 11.5 Å². The molecule has 0 unspecified atom stereocenters. The Balaban J connectivity index is 2.18. The largest absolute Gasteiger partial charge is 0.477 e. The molecule has 20 heavy (non-hydrogen) atoms. The lowest BCUT2D eigenvalue weighted by Crippen LogP contribution is -2.68. The summed E-state index contributed by atoms with van der Waals surface area (Å²) in [7, 11) is 0. The standard InChI is InChI=1S/C12H15N3O4S/c13-7(16)4-2-1-3-6-5-20-11-8(14)10(17)15(11)9(6)12(18)19/h1,3,8,11H,2,4-5,14H2,(H2,13,16)(H,18,19)/b3-1-/t8-,11-/m1/s1. The van der Waals surface area contributed by atoms with Crippen molar-refractivity contribution in [1.29, 1.82) is 0 Å². The summed E-state index contributed by atoms with van der Waals surface area (Å²) in [5, 5.41) is 8.97. The smallest absolute Gasteiger partial charge is 0.352 e. The van der Waals surface area contributed by atoms with Crippen LogP contribution in [-0.4, -0.2) is 45.0 Å². The Morgan fingerprint density at radius 2 is 2.20 bits per heavy atom. The second-order valence-corrected chi connectivity index (χ2v) is 5.63. The third-order valence-corrected chi connectivity index (χ3v) is 4.44. The number of nitrogens with two attached hydrogens (primary N) is 2. The number of carbonyl (C=O) groups excluding carboxylic acids is 2. The molecule has 0 bridgehead atoms. The maximum absolute atomic E-state index is 11.7. The zero-order chi connectivity index (χ0) is 14.9. The van der Waals surface area contributed by atoms with Crippen LogP contribution in [-0.2, 0) is 14.4 Å². The average molecular weight is 297 g/mol. The Morgan fingerprint density at radius 1 is 1.50 bits per heavy atom. The number of carboxylic acid groups (broad SMARTS) is 1. The van der Waals surface area contributed by atoms with Crippen molar-refractivity contribution in [2.75, 3.05) is 5.75 Å². The monoisotopic (exact) mass is 297 g/mol. The molecule has 8 heteroatoms. The molecule has 0 aromatic rings. The summed E-state index contributed by atoms with van der Waals surface area (Å²) in [6, 6.07) is -0.630. The normalized spacial score (nSPS) is 25.6. The lowest BCUT2D eigenvalue weighted by atomic mass is 10.0. The summed E-state index contributed by atoms with van der Waals surface area (Å²) < 4.78 is 0. The fraction of sp³-hybridized carbons (Fsp3) is 0.417. The van der Waals surface area contributed by atoms with Gasteiger partial charge in [0.25, 0.3) is 0 Å². The molecule has 2 rings (SSSR count). The second kappa shape index (κ2) is 5.68. The van der Waals surface area contributed by atoms with E-state index in [-0.39, 0.29) is 23.4 Å². The highest BCUT2D eigenvalue weighted by Gasteiger charge is 2.51. The molecule has 7 nitrogen and oxygen atoms in total. The fourth-order valence-electron chi connectivity index (χ4n) is 2.12. The molecule has 2 atom stereocenters. The predicted octanol–water partition coefficient (Wildman–Crippen LogP) is -0.611. The maximum atomic E-state index is 11.7. The number of carbonyl (C=O) groups is 3. The highest BCUT2D eigenvalue weighted by molar-refractivity contribution is 8.00. The first-order valence-electron chi connectivity index (χ1n) is 6.05. The van der Waals surface area contributed by atoms with Gasteiger partial charge in [0.05, 0.1) is 0 Å². The molecular weight excluding hydrogens is 282 g/mol. The first-order valence-corrected chi connectivity index (χ1v) is 7.10. The van der Waals surface area contributed by atoms with Crippen molar-refractivity contribution in [1.82, 2.24) is 4.90 Å². The summed E-state index contributed by atoms with van der Waals surface area (Å²) in [5.74, 6) is -1.46. The molecule has 0 aromatic heterocycles. The molecule has 5 N–H and O–H groups in total. The van der Waals surface area contributed by atoms with E-state index in [2.05, 4.69) is 0 Å². The van der Waals surface area contributed by atoms with E-state index < -0.39 is 17.9 Å². The molecule has 1 saturated heterocycles. The van der Waals surface area contributed by atoms with Crippen LogP contribution in [0, 0.1) is 0 Å². The van der Waals surface area contributed by atoms with Gasteiger partial charge in [0.15, 0.2) is 0 Å². The third-order valence-electron chi connectivity index (χ3n) is 3.12. The molecule has 1 fully saturated rings. The number of nitrogens with zero attached hydrogens (tertiary/aromatic N) is 1. The quantitative estimate of drug-likeness (QED) is 0.581. The van der Waals surface area contributed by atoms with Crippen molar-refractivity contribution < 1.29 is 19.5 Å². The molecule has 2 aliphatic heterocycles. The van der Waals surface area contributed by atoms with Gasteiger partial charge in [0.2, 0.25) is 11.8 Å². The number of hydrogen-bond donors (Lipinski definition) is 3. The summed E-state index contributed by atoms with van der Waals surface area (Å²) in [4.78, 5) is 34.9. The fourth-order valence-corrected chi connectivity index (χ4v) is 3.38. The van der Waals surface area contributed by atoms with E-state index in [9.17, 15) is 19.5 Å². The van der Waals surface area contributed by atoms with Crippen LogP contribution in [0.3, 0.4) is 0 Å². The summed E-state index contributed by atoms with van der Waals surface area (Å²) in [5.41, 5.74) is 11.2. The van der Waals surface area contributed by atoms with Gasteiger partial charge in [-0.3, -0.25) is 14.5 Å². The van der Waals surface area contributed by atoms with Crippen LogP contribution in [0.2, 0.25) is 0 Å². The summed E-state index contributed by atoms with van der Waals surface area (Å²) >= 11 is 1.43. The van der Waals surface area contributed by atoms with Crippen LogP contribution in [0.5, 0.6) is 0 Å². The number of β-lactam (4-membered cyclic amide) rings is 1. The zero-order valence-electron chi connectivity index (χ0n) is 10.6.